The van der Waals surface area contributed by atoms with Gasteiger partial charge in [-0.25, -0.2) is 4.39 Å². The second-order valence-electron chi connectivity index (χ2n) is 4.85. The van der Waals surface area contributed by atoms with E-state index in [4.69, 9.17) is 0 Å². The molecule has 0 aliphatic heterocycles. The lowest BCUT2D eigenvalue weighted by Crippen LogP contribution is -2.20. The first-order valence-electron chi connectivity index (χ1n) is 6.93. The van der Waals surface area contributed by atoms with Crippen LogP contribution < -0.4 is 10.7 Å². The molecular weight excluding hydrogens is 351 g/mol. The summed E-state index contributed by atoms with van der Waals surface area (Å²) < 4.78 is 15.0. The fraction of sp³-hybridized carbons (Fsp3) is 0.250. The Morgan fingerprint density at radius 2 is 1.95 bits per heavy atom. The van der Waals surface area contributed by atoms with E-state index in [1.165, 1.54) is 12.1 Å². The van der Waals surface area contributed by atoms with Gasteiger partial charge in [0.25, 0.3) is 0 Å². The van der Waals surface area contributed by atoms with Crippen molar-refractivity contribution in [2.75, 3.05) is 5.32 Å². The van der Waals surface area contributed by atoms with Gasteiger partial charge in [0.05, 0.1) is 4.47 Å². The van der Waals surface area contributed by atoms with Crippen molar-refractivity contribution in [1.29, 1.82) is 0 Å². The molecule has 1 aromatic carbocycles. The normalized spacial score (nSPS) is 10.5. The molecular formula is C16H16BrFN2O2. The summed E-state index contributed by atoms with van der Waals surface area (Å²) >= 11 is 3.19. The van der Waals surface area contributed by atoms with Crippen molar-refractivity contribution in [1.82, 2.24) is 4.57 Å². The lowest BCUT2D eigenvalue weighted by molar-refractivity contribution is -0.116. The largest absolute Gasteiger partial charge is 0.351 e. The first-order valence-corrected chi connectivity index (χ1v) is 7.72. The number of nitrogens with one attached hydrogen (secondary N) is 1. The highest BCUT2D eigenvalue weighted by Gasteiger charge is 2.09. The molecule has 0 unspecified atom stereocenters. The molecule has 1 amide bonds. The summed E-state index contributed by atoms with van der Waals surface area (Å²) in [7, 11) is 0. The Morgan fingerprint density at radius 1 is 1.27 bits per heavy atom. The number of aryl methyl sites for hydroxylation is 2. The molecule has 2 rings (SSSR count). The molecule has 2 aromatic rings. The average Bonchev–Trinajstić information content (AvgIpc) is 2.51. The summed E-state index contributed by atoms with van der Waals surface area (Å²) in [4.78, 5) is 23.9. The predicted octanol–water partition coefficient (Wildman–Crippen LogP) is 3.34. The van der Waals surface area contributed by atoms with E-state index < -0.39 is 0 Å². The Balaban J connectivity index is 2.01. The predicted molar refractivity (Wildman–Crippen MR) is 87.4 cm³/mol. The van der Waals surface area contributed by atoms with Crippen LogP contribution >= 0.6 is 15.9 Å². The van der Waals surface area contributed by atoms with Crippen LogP contribution in [0.25, 0.3) is 0 Å². The summed E-state index contributed by atoms with van der Waals surface area (Å²) in [5, 5.41) is 2.63. The van der Waals surface area contributed by atoms with Gasteiger partial charge in [-0.15, -0.1) is 0 Å². The van der Waals surface area contributed by atoms with E-state index in [-0.39, 0.29) is 29.3 Å². The van der Waals surface area contributed by atoms with Gasteiger partial charge in [0.2, 0.25) is 11.3 Å². The van der Waals surface area contributed by atoms with Gasteiger partial charge >= 0.3 is 0 Å². The smallest absolute Gasteiger partial charge is 0.224 e. The summed E-state index contributed by atoms with van der Waals surface area (Å²) in [6, 6.07) is 6.01. The molecule has 0 radical (unpaired) electrons. The first kappa shape index (κ1) is 16.4. The standard InChI is InChI=1S/C16H16BrFN2O2/c1-2-20-9-13(17)16(22)14(10-20)19-15(21)8-5-11-3-6-12(18)7-4-11/h3-4,6-7,9-10H,2,5,8H2,1H3,(H,19,21). The number of benzene rings is 1. The van der Waals surface area contributed by atoms with Crippen molar-refractivity contribution >= 4 is 27.5 Å². The fourth-order valence-corrected chi connectivity index (χ4v) is 2.46. The number of aromatic nitrogens is 1. The van der Waals surface area contributed by atoms with Crippen LogP contribution in [0.1, 0.15) is 18.9 Å². The Hall–Kier alpha value is -1.95. The molecule has 0 aliphatic carbocycles. The summed E-state index contributed by atoms with van der Waals surface area (Å²) in [5.41, 5.74) is 0.872. The van der Waals surface area contributed by atoms with Gasteiger partial charge in [-0.1, -0.05) is 12.1 Å². The highest BCUT2D eigenvalue weighted by Crippen LogP contribution is 2.10. The molecule has 0 bridgehead atoms. The molecule has 0 saturated carbocycles. The molecule has 4 nitrogen and oxygen atoms in total. The average molecular weight is 367 g/mol. The number of carbonyl (C=O) groups is 1. The summed E-state index contributed by atoms with van der Waals surface area (Å²) in [6.45, 7) is 2.63. The van der Waals surface area contributed by atoms with Gasteiger partial charge in [-0.3, -0.25) is 9.59 Å². The van der Waals surface area contributed by atoms with Crippen LogP contribution in [-0.2, 0) is 17.8 Å². The van der Waals surface area contributed by atoms with Crippen LogP contribution in [0.2, 0.25) is 0 Å². The van der Waals surface area contributed by atoms with Crippen molar-refractivity contribution in [3.63, 3.8) is 0 Å². The number of nitrogens with zero attached hydrogens (tertiary/aromatic N) is 1. The van der Waals surface area contributed by atoms with Gasteiger partial charge in [0.15, 0.2) is 0 Å². The molecule has 0 spiro atoms. The molecule has 0 aliphatic rings. The second kappa shape index (κ2) is 7.35. The van der Waals surface area contributed by atoms with Crippen molar-refractivity contribution in [2.24, 2.45) is 0 Å². The molecule has 0 fully saturated rings. The van der Waals surface area contributed by atoms with Gasteiger partial charge in [-0.2, -0.15) is 0 Å². The van der Waals surface area contributed by atoms with E-state index >= 15 is 0 Å². The third kappa shape index (κ3) is 4.27. The zero-order valence-corrected chi connectivity index (χ0v) is 13.7. The van der Waals surface area contributed by atoms with Crippen molar-refractivity contribution in [2.45, 2.75) is 26.3 Å². The van der Waals surface area contributed by atoms with Crippen LogP contribution in [0.4, 0.5) is 10.1 Å². The SMILES string of the molecule is CCn1cc(Br)c(=O)c(NC(=O)CCc2ccc(F)cc2)c1. The number of carbonyl (C=O) groups excluding carboxylic acids is 1. The number of halogens is 2. The molecule has 0 saturated heterocycles. The van der Waals surface area contributed by atoms with Gasteiger partial charge in [0.1, 0.15) is 11.5 Å². The van der Waals surface area contributed by atoms with E-state index in [0.29, 0.717) is 17.4 Å². The number of hydrogen-bond donors (Lipinski definition) is 1. The maximum absolute atomic E-state index is 12.8. The Kier molecular flexibility index (Phi) is 5.49. The minimum absolute atomic E-state index is 0.226. The zero-order valence-electron chi connectivity index (χ0n) is 12.1. The third-order valence-electron chi connectivity index (χ3n) is 3.23. The molecule has 116 valence electrons. The highest BCUT2D eigenvalue weighted by atomic mass is 79.9. The van der Waals surface area contributed by atoms with Crippen molar-refractivity contribution in [3.05, 3.63) is 62.7 Å². The van der Waals surface area contributed by atoms with Crippen LogP contribution in [0.15, 0.2) is 45.9 Å². The molecule has 1 aromatic heterocycles. The quantitative estimate of drug-likeness (QED) is 0.881. The maximum Gasteiger partial charge on any atom is 0.224 e. The van der Waals surface area contributed by atoms with Crippen molar-refractivity contribution in [3.8, 4) is 0 Å². The summed E-state index contributed by atoms with van der Waals surface area (Å²) in [5.74, 6) is -0.551. The Bertz CT molecular complexity index is 726. The fourth-order valence-electron chi connectivity index (χ4n) is 1.99. The second-order valence-corrected chi connectivity index (χ2v) is 5.71. The van der Waals surface area contributed by atoms with E-state index in [9.17, 15) is 14.0 Å². The molecule has 0 atom stereocenters. The molecule has 6 heteroatoms. The Morgan fingerprint density at radius 3 is 2.59 bits per heavy atom. The lowest BCUT2D eigenvalue weighted by atomic mass is 10.1. The number of pyridine rings is 1. The van der Waals surface area contributed by atoms with Crippen LogP contribution in [0.5, 0.6) is 0 Å². The van der Waals surface area contributed by atoms with E-state index in [2.05, 4.69) is 21.2 Å². The van der Waals surface area contributed by atoms with Gasteiger partial charge in [-0.05, 0) is 47.0 Å². The number of amides is 1. The van der Waals surface area contributed by atoms with Crippen LogP contribution in [0, 0.1) is 5.82 Å². The first-order chi connectivity index (χ1) is 10.5. The zero-order chi connectivity index (χ0) is 16.1. The number of anilines is 1. The highest BCUT2D eigenvalue weighted by molar-refractivity contribution is 9.10. The minimum Gasteiger partial charge on any atom is -0.351 e. The van der Waals surface area contributed by atoms with Crippen LogP contribution in [0.3, 0.4) is 0 Å². The minimum atomic E-state index is -0.303. The number of rotatable bonds is 5. The summed E-state index contributed by atoms with van der Waals surface area (Å²) in [6.07, 6.45) is 4.01. The maximum atomic E-state index is 12.8. The van der Waals surface area contributed by atoms with Crippen molar-refractivity contribution < 1.29 is 9.18 Å². The van der Waals surface area contributed by atoms with Crippen LogP contribution in [-0.4, -0.2) is 10.5 Å². The molecule has 1 N–H and O–H groups in total. The topological polar surface area (TPSA) is 51.1 Å². The van der Waals surface area contributed by atoms with E-state index in [1.807, 2.05) is 6.92 Å². The monoisotopic (exact) mass is 366 g/mol. The Labute approximate surface area is 136 Å². The lowest BCUT2D eigenvalue weighted by Gasteiger charge is -2.09. The molecule has 1 heterocycles. The molecule has 22 heavy (non-hydrogen) atoms. The van der Waals surface area contributed by atoms with Gasteiger partial charge < -0.3 is 9.88 Å². The van der Waals surface area contributed by atoms with Gasteiger partial charge in [0, 0.05) is 25.4 Å². The van der Waals surface area contributed by atoms with E-state index in [0.717, 1.165) is 5.56 Å². The third-order valence-corrected chi connectivity index (χ3v) is 3.79. The number of hydrogen-bond acceptors (Lipinski definition) is 2. The van der Waals surface area contributed by atoms with E-state index in [1.54, 1.807) is 29.1 Å².